The van der Waals surface area contributed by atoms with Gasteiger partial charge in [-0.25, -0.2) is 0 Å². The van der Waals surface area contributed by atoms with Crippen LogP contribution in [0.5, 0.6) is 0 Å². The highest BCUT2D eigenvalue weighted by Crippen LogP contribution is 2.36. The Kier molecular flexibility index (Phi) is 5.90. The van der Waals surface area contributed by atoms with E-state index in [1.165, 1.54) is 6.92 Å². The topological polar surface area (TPSA) is 66.4 Å². The van der Waals surface area contributed by atoms with Gasteiger partial charge in [0, 0.05) is 6.42 Å². The summed E-state index contributed by atoms with van der Waals surface area (Å²) in [6, 6.07) is 29.2. The van der Waals surface area contributed by atoms with Gasteiger partial charge in [-0.3, -0.25) is 9.59 Å². The summed E-state index contributed by atoms with van der Waals surface area (Å²) in [7, 11) is 0. The Balaban J connectivity index is 2.17. The normalized spacial score (nSPS) is 12.2. The van der Waals surface area contributed by atoms with E-state index in [-0.39, 0.29) is 12.3 Å². The van der Waals surface area contributed by atoms with Gasteiger partial charge < -0.3 is 10.4 Å². The molecule has 0 unspecified atom stereocenters. The Morgan fingerprint density at radius 3 is 1.46 bits per heavy atom. The van der Waals surface area contributed by atoms with E-state index in [0.29, 0.717) is 0 Å². The minimum atomic E-state index is -0.986. The Hall–Kier alpha value is -3.40. The molecular formula is C24H23NO3. The number of carboxylic acids is 1. The summed E-state index contributed by atoms with van der Waals surface area (Å²) in [4.78, 5) is 24.1. The third-order valence-electron chi connectivity index (χ3n) is 4.86. The summed E-state index contributed by atoms with van der Waals surface area (Å²) >= 11 is 0. The summed E-state index contributed by atoms with van der Waals surface area (Å²) in [5, 5.41) is 12.4. The molecule has 0 spiro atoms. The molecule has 142 valence electrons. The Morgan fingerprint density at radius 2 is 1.14 bits per heavy atom. The third kappa shape index (κ3) is 3.96. The third-order valence-corrected chi connectivity index (χ3v) is 4.86. The predicted molar refractivity (Wildman–Crippen MR) is 109 cm³/mol. The van der Waals surface area contributed by atoms with Gasteiger partial charge in [0.1, 0.15) is 5.54 Å². The van der Waals surface area contributed by atoms with E-state index in [2.05, 4.69) is 5.32 Å². The van der Waals surface area contributed by atoms with Gasteiger partial charge in [-0.05, 0) is 16.7 Å². The maximum absolute atomic E-state index is 12.9. The number of rotatable bonds is 7. The minimum Gasteiger partial charge on any atom is -0.481 e. The average molecular weight is 373 g/mol. The van der Waals surface area contributed by atoms with Crippen LogP contribution in [-0.2, 0) is 15.1 Å². The fourth-order valence-electron chi connectivity index (χ4n) is 3.41. The van der Waals surface area contributed by atoms with Crippen LogP contribution in [0.25, 0.3) is 0 Å². The van der Waals surface area contributed by atoms with Crippen molar-refractivity contribution in [1.82, 2.24) is 5.32 Å². The van der Waals surface area contributed by atoms with Gasteiger partial charge in [-0.2, -0.15) is 0 Å². The molecular weight excluding hydrogens is 350 g/mol. The van der Waals surface area contributed by atoms with Crippen molar-refractivity contribution < 1.29 is 14.7 Å². The first-order chi connectivity index (χ1) is 13.5. The van der Waals surface area contributed by atoms with Crippen LogP contribution in [0.3, 0.4) is 0 Å². The number of hydrogen-bond acceptors (Lipinski definition) is 2. The first-order valence-electron chi connectivity index (χ1n) is 9.24. The maximum atomic E-state index is 12.9. The standard InChI is InChI=1S/C24H23NO3/c1-18(23(27)28)17-22(26)25-24(19-11-5-2-6-12-19,20-13-7-3-8-14-20)21-15-9-4-10-16-21/h2-16,18H,17H2,1H3,(H,25,26)(H,27,28)/t18-/m0/s1. The van der Waals surface area contributed by atoms with Gasteiger partial charge in [0.2, 0.25) is 5.91 Å². The SMILES string of the molecule is C[C@@H](CC(=O)NC(c1ccccc1)(c1ccccc1)c1ccccc1)C(=O)O. The van der Waals surface area contributed by atoms with Crippen molar-refractivity contribution in [2.45, 2.75) is 18.9 Å². The van der Waals surface area contributed by atoms with Crippen molar-refractivity contribution >= 4 is 11.9 Å². The van der Waals surface area contributed by atoms with Crippen molar-refractivity contribution in [2.24, 2.45) is 5.92 Å². The van der Waals surface area contributed by atoms with Crippen LogP contribution in [0.15, 0.2) is 91.0 Å². The lowest BCUT2D eigenvalue weighted by Gasteiger charge is -2.37. The quantitative estimate of drug-likeness (QED) is 0.610. The van der Waals surface area contributed by atoms with Gasteiger partial charge in [0.05, 0.1) is 5.92 Å². The summed E-state index contributed by atoms with van der Waals surface area (Å²) in [6.45, 7) is 1.54. The zero-order chi connectivity index (χ0) is 20.0. The first kappa shape index (κ1) is 19.4. The second-order valence-corrected chi connectivity index (χ2v) is 6.84. The number of aliphatic carboxylic acids is 1. The smallest absolute Gasteiger partial charge is 0.306 e. The lowest BCUT2D eigenvalue weighted by atomic mass is 9.76. The zero-order valence-electron chi connectivity index (χ0n) is 15.7. The van der Waals surface area contributed by atoms with Crippen molar-refractivity contribution in [1.29, 1.82) is 0 Å². The molecule has 4 nitrogen and oxygen atoms in total. The van der Waals surface area contributed by atoms with Crippen LogP contribution in [0.2, 0.25) is 0 Å². The summed E-state index contributed by atoms with van der Waals surface area (Å²) < 4.78 is 0. The molecule has 3 aromatic carbocycles. The van der Waals surface area contributed by atoms with Crippen molar-refractivity contribution in [3.05, 3.63) is 108 Å². The number of carboxylic acid groups (broad SMARTS) is 1. The van der Waals surface area contributed by atoms with Crippen LogP contribution < -0.4 is 5.32 Å². The fourth-order valence-corrected chi connectivity index (χ4v) is 3.41. The van der Waals surface area contributed by atoms with Gasteiger partial charge in [0.15, 0.2) is 0 Å². The van der Waals surface area contributed by atoms with Crippen LogP contribution in [-0.4, -0.2) is 17.0 Å². The van der Waals surface area contributed by atoms with E-state index >= 15 is 0 Å². The monoisotopic (exact) mass is 373 g/mol. The predicted octanol–water partition coefficient (Wildman–Crippen LogP) is 4.21. The number of nitrogens with one attached hydrogen (secondary N) is 1. The molecule has 0 aliphatic carbocycles. The van der Waals surface area contributed by atoms with Crippen molar-refractivity contribution in [3.63, 3.8) is 0 Å². The molecule has 0 saturated heterocycles. The van der Waals surface area contributed by atoms with Gasteiger partial charge in [-0.15, -0.1) is 0 Å². The molecule has 0 fully saturated rings. The second kappa shape index (κ2) is 8.53. The highest BCUT2D eigenvalue weighted by Gasteiger charge is 2.38. The molecule has 28 heavy (non-hydrogen) atoms. The molecule has 1 atom stereocenters. The molecule has 0 bridgehead atoms. The fraction of sp³-hybridized carbons (Fsp3) is 0.167. The Labute approximate surface area is 164 Å². The lowest BCUT2D eigenvalue weighted by molar-refractivity contribution is -0.143. The second-order valence-electron chi connectivity index (χ2n) is 6.84. The van der Waals surface area contributed by atoms with Gasteiger partial charge in [-0.1, -0.05) is 97.9 Å². The van der Waals surface area contributed by atoms with Gasteiger partial charge in [0.25, 0.3) is 0 Å². The summed E-state index contributed by atoms with van der Waals surface area (Å²) in [6.07, 6.45) is -0.0937. The molecule has 0 radical (unpaired) electrons. The molecule has 1 amide bonds. The average Bonchev–Trinajstić information content (AvgIpc) is 2.74. The minimum absolute atomic E-state index is 0.0937. The first-order valence-corrected chi connectivity index (χ1v) is 9.24. The lowest BCUT2D eigenvalue weighted by Crippen LogP contribution is -2.48. The van der Waals surface area contributed by atoms with Crippen LogP contribution in [0, 0.1) is 5.92 Å². The number of hydrogen-bond donors (Lipinski definition) is 2. The summed E-state index contributed by atoms with van der Waals surface area (Å²) in [5.74, 6) is -2.06. The van der Waals surface area contributed by atoms with E-state index in [9.17, 15) is 14.7 Å². The molecule has 0 heterocycles. The zero-order valence-corrected chi connectivity index (χ0v) is 15.7. The van der Waals surface area contributed by atoms with Crippen molar-refractivity contribution in [2.75, 3.05) is 0 Å². The number of carbonyl (C=O) groups is 2. The van der Waals surface area contributed by atoms with E-state index < -0.39 is 17.4 Å². The summed E-state index contributed by atoms with van der Waals surface area (Å²) in [5.41, 5.74) is 1.80. The van der Waals surface area contributed by atoms with E-state index in [0.717, 1.165) is 16.7 Å². The molecule has 3 aromatic rings. The van der Waals surface area contributed by atoms with Gasteiger partial charge >= 0.3 is 5.97 Å². The molecule has 0 aromatic heterocycles. The van der Waals surface area contributed by atoms with E-state index in [1.807, 2.05) is 91.0 Å². The molecule has 3 rings (SSSR count). The molecule has 0 aliphatic rings. The van der Waals surface area contributed by atoms with Crippen LogP contribution >= 0.6 is 0 Å². The Bertz CT molecular complexity index is 827. The molecule has 2 N–H and O–H groups in total. The van der Waals surface area contributed by atoms with Crippen LogP contribution in [0.4, 0.5) is 0 Å². The largest absolute Gasteiger partial charge is 0.481 e. The molecule has 0 aliphatic heterocycles. The van der Waals surface area contributed by atoms with E-state index in [1.54, 1.807) is 0 Å². The van der Waals surface area contributed by atoms with E-state index in [4.69, 9.17) is 0 Å². The van der Waals surface area contributed by atoms with Crippen LogP contribution in [0.1, 0.15) is 30.0 Å². The molecule has 0 saturated carbocycles. The number of amides is 1. The number of benzene rings is 3. The number of carbonyl (C=O) groups excluding carboxylic acids is 1. The highest BCUT2D eigenvalue weighted by molar-refractivity contribution is 5.83. The van der Waals surface area contributed by atoms with Crippen molar-refractivity contribution in [3.8, 4) is 0 Å². The molecule has 4 heteroatoms. The maximum Gasteiger partial charge on any atom is 0.306 e. The Morgan fingerprint density at radius 1 is 0.786 bits per heavy atom. The highest BCUT2D eigenvalue weighted by atomic mass is 16.4.